The summed E-state index contributed by atoms with van der Waals surface area (Å²) in [4.78, 5) is 4.57. The van der Waals surface area contributed by atoms with Gasteiger partial charge in [0.05, 0.1) is 15.7 Å². The topological polar surface area (TPSA) is 17.3 Å². The first kappa shape index (κ1) is 11.6. The summed E-state index contributed by atoms with van der Waals surface area (Å²) in [5, 5.41) is 1.08. The molecule has 2 heterocycles. The Morgan fingerprint density at radius 1 is 1.17 bits per heavy atom. The van der Waals surface area contributed by atoms with E-state index in [2.05, 4.69) is 4.98 Å². The summed E-state index contributed by atoms with van der Waals surface area (Å²) in [7, 11) is 0. The molecule has 0 amide bonds. The number of hydrogen-bond donors (Lipinski definition) is 0. The Morgan fingerprint density at radius 2 is 2.00 bits per heavy atom. The van der Waals surface area contributed by atoms with Gasteiger partial charge in [-0.2, -0.15) is 0 Å². The Bertz CT molecular complexity index is 732. The van der Waals surface area contributed by atoms with Gasteiger partial charge in [-0.25, -0.2) is 4.98 Å². The van der Waals surface area contributed by atoms with Gasteiger partial charge in [-0.1, -0.05) is 35.3 Å². The number of imidazole rings is 1. The number of rotatable bonds is 1. The highest BCUT2D eigenvalue weighted by atomic mass is 35.5. The minimum atomic E-state index is 0.541. The van der Waals surface area contributed by atoms with Crippen LogP contribution in [0.15, 0.2) is 42.7 Å². The molecule has 0 aliphatic carbocycles. The van der Waals surface area contributed by atoms with E-state index in [0.717, 1.165) is 16.9 Å². The monoisotopic (exact) mass is 276 g/mol. The zero-order valence-electron chi connectivity index (χ0n) is 9.69. The van der Waals surface area contributed by atoms with Crippen LogP contribution in [0.2, 0.25) is 10.0 Å². The minimum Gasteiger partial charge on any atom is -0.306 e. The molecule has 0 saturated carbocycles. The summed E-state index contributed by atoms with van der Waals surface area (Å²) in [5.41, 5.74) is 3.76. The number of pyridine rings is 1. The van der Waals surface area contributed by atoms with Crippen LogP contribution in [-0.4, -0.2) is 9.38 Å². The van der Waals surface area contributed by atoms with Gasteiger partial charge in [-0.15, -0.1) is 0 Å². The lowest BCUT2D eigenvalue weighted by Gasteiger charge is -2.01. The van der Waals surface area contributed by atoms with E-state index in [4.69, 9.17) is 23.2 Å². The van der Waals surface area contributed by atoms with E-state index in [-0.39, 0.29) is 0 Å². The van der Waals surface area contributed by atoms with Crippen LogP contribution >= 0.6 is 23.2 Å². The molecule has 90 valence electrons. The molecular formula is C14H10Cl2N2. The van der Waals surface area contributed by atoms with Crippen LogP contribution in [0.25, 0.3) is 16.9 Å². The molecule has 2 aromatic heterocycles. The zero-order valence-corrected chi connectivity index (χ0v) is 11.2. The van der Waals surface area contributed by atoms with Crippen molar-refractivity contribution < 1.29 is 0 Å². The van der Waals surface area contributed by atoms with Gasteiger partial charge in [0.1, 0.15) is 5.65 Å². The van der Waals surface area contributed by atoms with Gasteiger partial charge in [-0.05, 0) is 30.7 Å². The van der Waals surface area contributed by atoms with Gasteiger partial charge in [0.2, 0.25) is 0 Å². The van der Waals surface area contributed by atoms with Gasteiger partial charge >= 0.3 is 0 Å². The Labute approximate surface area is 115 Å². The Morgan fingerprint density at radius 3 is 2.83 bits per heavy atom. The summed E-state index contributed by atoms with van der Waals surface area (Å²) in [6.07, 6.45) is 3.94. The maximum absolute atomic E-state index is 6.21. The van der Waals surface area contributed by atoms with Crippen molar-refractivity contribution in [2.45, 2.75) is 6.92 Å². The standard InChI is InChI=1S/C14H10Cl2N2/c1-9-5-6-18-8-12(17-13(18)7-9)10-3-2-4-11(15)14(10)16/h2-8H,1H3. The van der Waals surface area contributed by atoms with Crippen LogP contribution in [0.1, 0.15) is 5.56 Å². The number of nitrogens with zero attached hydrogens (tertiary/aromatic N) is 2. The number of hydrogen-bond acceptors (Lipinski definition) is 1. The molecule has 0 N–H and O–H groups in total. The third-order valence-electron chi connectivity index (χ3n) is 2.84. The van der Waals surface area contributed by atoms with Crippen LogP contribution in [-0.2, 0) is 0 Å². The quantitative estimate of drug-likeness (QED) is 0.634. The van der Waals surface area contributed by atoms with E-state index in [1.54, 1.807) is 6.07 Å². The average Bonchev–Trinajstić information content (AvgIpc) is 2.75. The second-order valence-corrected chi connectivity index (χ2v) is 4.98. The molecule has 18 heavy (non-hydrogen) atoms. The normalized spacial score (nSPS) is 11.1. The van der Waals surface area contributed by atoms with E-state index in [1.165, 1.54) is 5.56 Å². The van der Waals surface area contributed by atoms with Crippen LogP contribution < -0.4 is 0 Å². The van der Waals surface area contributed by atoms with Crippen molar-refractivity contribution in [1.82, 2.24) is 9.38 Å². The summed E-state index contributed by atoms with van der Waals surface area (Å²) in [6.45, 7) is 2.04. The number of halogens is 2. The van der Waals surface area contributed by atoms with Gasteiger partial charge in [0.15, 0.2) is 0 Å². The lowest BCUT2D eigenvalue weighted by molar-refractivity contribution is 1.17. The largest absolute Gasteiger partial charge is 0.306 e. The molecule has 0 radical (unpaired) electrons. The van der Waals surface area contributed by atoms with Crippen molar-refractivity contribution >= 4 is 28.8 Å². The Kier molecular flexibility index (Phi) is 2.77. The maximum Gasteiger partial charge on any atom is 0.137 e. The third kappa shape index (κ3) is 1.88. The van der Waals surface area contributed by atoms with E-state index in [0.29, 0.717) is 10.0 Å². The van der Waals surface area contributed by atoms with E-state index >= 15 is 0 Å². The number of fused-ring (bicyclic) bond motifs is 1. The predicted octanol–water partition coefficient (Wildman–Crippen LogP) is 4.62. The number of benzene rings is 1. The molecule has 0 fully saturated rings. The Balaban J connectivity index is 2.22. The smallest absolute Gasteiger partial charge is 0.137 e. The molecule has 0 unspecified atom stereocenters. The molecule has 3 rings (SSSR count). The maximum atomic E-state index is 6.21. The van der Waals surface area contributed by atoms with Crippen LogP contribution in [0, 0.1) is 6.92 Å². The van der Waals surface area contributed by atoms with Crippen LogP contribution in [0.4, 0.5) is 0 Å². The highest BCUT2D eigenvalue weighted by Gasteiger charge is 2.10. The van der Waals surface area contributed by atoms with Gasteiger partial charge < -0.3 is 4.40 Å². The summed E-state index contributed by atoms with van der Waals surface area (Å²) in [6, 6.07) is 9.63. The molecular weight excluding hydrogens is 267 g/mol. The van der Waals surface area contributed by atoms with E-state index in [9.17, 15) is 0 Å². The number of aromatic nitrogens is 2. The second kappa shape index (κ2) is 4.30. The Hall–Kier alpha value is -1.51. The van der Waals surface area contributed by atoms with Crippen molar-refractivity contribution in [1.29, 1.82) is 0 Å². The SMILES string of the molecule is Cc1ccn2cc(-c3cccc(Cl)c3Cl)nc2c1. The van der Waals surface area contributed by atoms with Crippen molar-refractivity contribution in [2.24, 2.45) is 0 Å². The van der Waals surface area contributed by atoms with Gasteiger partial charge in [0, 0.05) is 18.0 Å². The molecule has 0 saturated heterocycles. The summed E-state index contributed by atoms with van der Waals surface area (Å²) >= 11 is 12.2. The predicted molar refractivity (Wildman–Crippen MR) is 75.4 cm³/mol. The second-order valence-electron chi connectivity index (χ2n) is 4.20. The molecule has 0 bridgehead atoms. The van der Waals surface area contributed by atoms with Crippen molar-refractivity contribution in [3.8, 4) is 11.3 Å². The number of aryl methyl sites for hydroxylation is 1. The van der Waals surface area contributed by atoms with Gasteiger partial charge in [0.25, 0.3) is 0 Å². The third-order valence-corrected chi connectivity index (χ3v) is 3.66. The van der Waals surface area contributed by atoms with E-state index < -0.39 is 0 Å². The van der Waals surface area contributed by atoms with Crippen molar-refractivity contribution in [3.05, 3.63) is 58.3 Å². The summed E-state index contributed by atoms with van der Waals surface area (Å²) < 4.78 is 1.97. The fourth-order valence-electron chi connectivity index (χ4n) is 1.92. The van der Waals surface area contributed by atoms with Crippen molar-refractivity contribution in [3.63, 3.8) is 0 Å². The molecule has 0 aliphatic rings. The molecule has 0 aliphatic heterocycles. The van der Waals surface area contributed by atoms with E-state index in [1.807, 2.05) is 48.0 Å². The average molecular weight is 277 g/mol. The van der Waals surface area contributed by atoms with Gasteiger partial charge in [-0.3, -0.25) is 0 Å². The highest BCUT2D eigenvalue weighted by Crippen LogP contribution is 2.32. The molecule has 0 atom stereocenters. The van der Waals surface area contributed by atoms with Crippen molar-refractivity contribution in [2.75, 3.05) is 0 Å². The molecule has 4 heteroatoms. The van der Waals surface area contributed by atoms with Crippen LogP contribution in [0.3, 0.4) is 0 Å². The van der Waals surface area contributed by atoms with Crippen LogP contribution in [0.5, 0.6) is 0 Å². The fourth-order valence-corrected chi connectivity index (χ4v) is 2.31. The minimum absolute atomic E-state index is 0.541. The first-order valence-corrected chi connectivity index (χ1v) is 6.30. The fraction of sp³-hybridized carbons (Fsp3) is 0.0714. The molecule has 2 nitrogen and oxygen atoms in total. The lowest BCUT2D eigenvalue weighted by atomic mass is 10.2. The zero-order chi connectivity index (χ0) is 12.7. The molecule has 3 aromatic rings. The summed E-state index contributed by atoms with van der Waals surface area (Å²) in [5.74, 6) is 0. The molecule has 1 aromatic carbocycles. The molecule has 0 spiro atoms. The first-order valence-electron chi connectivity index (χ1n) is 5.55. The lowest BCUT2D eigenvalue weighted by Crippen LogP contribution is -1.81. The first-order chi connectivity index (χ1) is 8.65. The highest BCUT2D eigenvalue weighted by molar-refractivity contribution is 6.43.